The molecular formula is C22H16N8O2. The molecule has 0 saturated heterocycles. The van der Waals surface area contributed by atoms with Gasteiger partial charge in [0.25, 0.3) is 5.56 Å². The first-order chi connectivity index (χ1) is 15.7. The highest BCUT2D eigenvalue weighted by Gasteiger charge is 2.30. The molecule has 6 rings (SSSR count). The standard InChI is InChI=1S/C22H16N8O2/c23-28-26-15-9-5-13(6-10-15)11-29-16-3-1-2-4-17(16)30-12-24-18(19(30)22(29)31)20-25-21(32-27-20)14-7-8-14/h1-6,9-10,12,14H,7-8,11H2. The van der Waals surface area contributed by atoms with Crippen molar-refractivity contribution in [3.63, 3.8) is 0 Å². The van der Waals surface area contributed by atoms with Gasteiger partial charge in [-0.05, 0) is 36.1 Å². The Morgan fingerprint density at radius 2 is 1.91 bits per heavy atom. The lowest BCUT2D eigenvalue weighted by Gasteiger charge is -2.12. The maximum Gasteiger partial charge on any atom is 0.278 e. The molecule has 3 aromatic heterocycles. The van der Waals surface area contributed by atoms with Crippen molar-refractivity contribution in [2.75, 3.05) is 0 Å². The average Bonchev–Trinajstić information content (AvgIpc) is 3.38. The van der Waals surface area contributed by atoms with Crippen molar-refractivity contribution >= 4 is 22.2 Å². The van der Waals surface area contributed by atoms with Crippen LogP contribution in [0.15, 0.2) is 69.3 Å². The van der Waals surface area contributed by atoms with Gasteiger partial charge in [0.2, 0.25) is 11.7 Å². The van der Waals surface area contributed by atoms with E-state index >= 15 is 0 Å². The molecule has 1 aliphatic rings. The molecule has 156 valence electrons. The van der Waals surface area contributed by atoms with E-state index in [0.29, 0.717) is 41.1 Å². The maximum atomic E-state index is 13.7. The lowest BCUT2D eigenvalue weighted by atomic mass is 10.2. The molecule has 1 saturated carbocycles. The van der Waals surface area contributed by atoms with Gasteiger partial charge in [0, 0.05) is 16.5 Å². The molecule has 10 nitrogen and oxygen atoms in total. The van der Waals surface area contributed by atoms with E-state index in [0.717, 1.165) is 29.4 Å². The number of imidazole rings is 1. The van der Waals surface area contributed by atoms with Gasteiger partial charge in [-0.1, -0.05) is 46.7 Å². The summed E-state index contributed by atoms with van der Waals surface area (Å²) in [6.45, 7) is 0.344. The fraction of sp³-hybridized carbons (Fsp3) is 0.182. The average molecular weight is 424 g/mol. The fourth-order valence-electron chi connectivity index (χ4n) is 3.92. The number of azide groups is 1. The van der Waals surface area contributed by atoms with Gasteiger partial charge in [-0.2, -0.15) is 4.98 Å². The number of hydrogen-bond acceptors (Lipinski definition) is 6. The molecule has 0 bridgehead atoms. The first-order valence-electron chi connectivity index (χ1n) is 10.2. The van der Waals surface area contributed by atoms with Crippen LogP contribution < -0.4 is 5.56 Å². The summed E-state index contributed by atoms with van der Waals surface area (Å²) in [5.74, 6) is 1.24. The summed E-state index contributed by atoms with van der Waals surface area (Å²) in [5.41, 5.74) is 12.2. The molecule has 0 radical (unpaired) electrons. The Labute approximate surface area is 180 Å². The largest absolute Gasteiger partial charge is 0.339 e. The van der Waals surface area contributed by atoms with E-state index in [1.807, 2.05) is 36.4 Å². The highest BCUT2D eigenvalue weighted by atomic mass is 16.5. The normalized spacial score (nSPS) is 13.5. The van der Waals surface area contributed by atoms with Gasteiger partial charge in [-0.25, -0.2) is 4.98 Å². The van der Waals surface area contributed by atoms with Gasteiger partial charge in [0.15, 0.2) is 0 Å². The molecular weight excluding hydrogens is 408 g/mol. The molecule has 1 aliphatic carbocycles. The third-order valence-corrected chi connectivity index (χ3v) is 5.66. The van der Waals surface area contributed by atoms with Crippen LogP contribution >= 0.6 is 0 Å². The zero-order valence-electron chi connectivity index (χ0n) is 16.8. The van der Waals surface area contributed by atoms with Crippen molar-refractivity contribution in [2.24, 2.45) is 5.11 Å². The monoisotopic (exact) mass is 424 g/mol. The van der Waals surface area contributed by atoms with Gasteiger partial charge in [-0.15, -0.1) is 0 Å². The Morgan fingerprint density at radius 1 is 1.12 bits per heavy atom. The molecule has 1 fully saturated rings. The maximum absolute atomic E-state index is 13.7. The number of fused-ring (bicyclic) bond motifs is 3. The Kier molecular flexibility index (Phi) is 4.05. The first kappa shape index (κ1) is 18.3. The van der Waals surface area contributed by atoms with E-state index in [1.54, 1.807) is 27.4 Å². The summed E-state index contributed by atoms with van der Waals surface area (Å²) in [7, 11) is 0. The van der Waals surface area contributed by atoms with Crippen LogP contribution in [0, 0.1) is 0 Å². The van der Waals surface area contributed by atoms with Crippen LogP contribution in [0.4, 0.5) is 5.69 Å². The lowest BCUT2D eigenvalue weighted by molar-refractivity contribution is 0.380. The van der Waals surface area contributed by atoms with E-state index in [1.165, 1.54) is 0 Å². The SMILES string of the molecule is [N-]=[N+]=Nc1ccc(Cn2c(=O)c3c(-c4noc(C5CC5)n4)ncn3c3ccccc32)cc1. The predicted molar refractivity (Wildman–Crippen MR) is 117 cm³/mol. The van der Waals surface area contributed by atoms with Crippen molar-refractivity contribution in [2.45, 2.75) is 25.3 Å². The number of benzene rings is 2. The summed E-state index contributed by atoms with van der Waals surface area (Å²) >= 11 is 0. The van der Waals surface area contributed by atoms with Gasteiger partial charge in [0.05, 0.1) is 17.6 Å². The third kappa shape index (κ3) is 2.93. The molecule has 2 aromatic carbocycles. The fourth-order valence-corrected chi connectivity index (χ4v) is 3.92. The Balaban J connectivity index is 1.54. The number of hydrogen-bond donors (Lipinski definition) is 0. The number of para-hydroxylation sites is 2. The molecule has 0 atom stereocenters. The van der Waals surface area contributed by atoms with E-state index in [2.05, 4.69) is 25.2 Å². The van der Waals surface area contributed by atoms with Crippen molar-refractivity contribution < 1.29 is 4.52 Å². The zero-order valence-corrected chi connectivity index (χ0v) is 16.8. The van der Waals surface area contributed by atoms with Crippen LogP contribution in [0.25, 0.3) is 38.5 Å². The Hall–Kier alpha value is -4.43. The molecule has 10 heteroatoms. The summed E-state index contributed by atoms with van der Waals surface area (Å²) in [6, 6.07) is 14.8. The lowest BCUT2D eigenvalue weighted by Crippen LogP contribution is -2.23. The molecule has 32 heavy (non-hydrogen) atoms. The Bertz CT molecular complexity index is 1580. The minimum Gasteiger partial charge on any atom is -0.339 e. The minimum atomic E-state index is -0.201. The van der Waals surface area contributed by atoms with E-state index < -0.39 is 0 Å². The quantitative estimate of drug-likeness (QED) is 0.232. The van der Waals surface area contributed by atoms with Gasteiger partial charge in [-0.3, -0.25) is 9.20 Å². The Morgan fingerprint density at radius 3 is 2.66 bits per heavy atom. The summed E-state index contributed by atoms with van der Waals surface area (Å²) < 4.78 is 8.88. The molecule has 0 N–H and O–H groups in total. The molecule has 0 unspecified atom stereocenters. The van der Waals surface area contributed by atoms with Crippen molar-refractivity contribution in [1.29, 1.82) is 0 Å². The molecule has 3 heterocycles. The molecule has 0 spiro atoms. The van der Waals surface area contributed by atoms with Crippen LogP contribution in [0.1, 0.15) is 30.2 Å². The molecule has 0 amide bonds. The van der Waals surface area contributed by atoms with Crippen LogP contribution in [-0.4, -0.2) is 24.1 Å². The van der Waals surface area contributed by atoms with Crippen molar-refractivity contribution in [3.8, 4) is 11.5 Å². The van der Waals surface area contributed by atoms with Crippen LogP contribution in [0.2, 0.25) is 0 Å². The van der Waals surface area contributed by atoms with Crippen LogP contribution in [-0.2, 0) is 6.54 Å². The van der Waals surface area contributed by atoms with Crippen LogP contribution in [0.3, 0.4) is 0 Å². The second-order valence-electron chi connectivity index (χ2n) is 7.78. The van der Waals surface area contributed by atoms with E-state index in [4.69, 9.17) is 10.1 Å². The highest BCUT2D eigenvalue weighted by Crippen LogP contribution is 2.39. The van der Waals surface area contributed by atoms with E-state index in [-0.39, 0.29) is 5.56 Å². The number of nitrogens with zero attached hydrogens (tertiary/aromatic N) is 8. The van der Waals surface area contributed by atoms with Gasteiger partial charge >= 0.3 is 0 Å². The van der Waals surface area contributed by atoms with Crippen LogP contribution in [0.5, 0.6) is 0 Å². The van der Waals surface area contributed by atoms with E-state index in [9.17, 15) is 4.79 Å². The van der Waals surface area contributed by atoms with Gasteiger partial charge < -0.3 is 9.09 Å². The van der Waals surface area contributed by atoms with Crippen molar-refractivity contribution in [3.05, 3.63) is 87.1 Å². The smallest absolute Gasteiger partial charge is 0.278 e. The third-order valence-electron chi connectivity index (χ3n) is 5.66. The zero-order chi connectivity index (χ0) is 21.7. The molecule has 5 aromatic rings. The summed E-state index contributed by atoms with van der Waals surface area (Å²) in [6.07, 6.45) is 3.71. The minimum absolute atomic E-state index is 0.201. The second kappa shape index (κ2) is 7.07. The van der Waals surface area contributed by atoms with Gasteiger partial charge in [0.1, 0.15) is 17.5 Å². The second-order valence-corrected chi connectivity index (χ2v) is 7.78. The topological polar surface area (TPSA) is 127 Å². The summed E-state index contributed by atoms with van der Waals surface area (Å²) in [4.78, 5) is 25.4. The summed E-state index contributed by atoms with van der Waals surface area (Å²) in [5, 5.41) is 7.68. The molecule has 0 aliphatic heterocycles. The number of rotatable bonds is 5. The predicted octanol–water partition coefficient (Wildman–Crippen LogP) is 4.57. The highest BCUT2D eigenvalue weighted by molar-refractivity contribution is 5.83. The first-order valence-corrected chi connectivity index (χ1v) is 10.2. The number of aromatic nitrogens is 5. The van der Waals surface area contributed by atoms with Crippen molar-refractivity contribution in [1.82, 2.24) is 24.1 Å².